The second-order valence-corrected chi connectivity index (χ2v) is 16.3. The number of aliphatic hydroxyl groups is 7. The molecule has 2 saturated heterocycles. The zero-order valence-corrected chi connectivity index (χ0v) is 28.1. The standard InChI is InChI=1S/C35H54O13/c1-16-30(48-32-28(41)26(39)25(38)23(14-36)47-32)27(40)29(42)31(45-16)46-19-6-9-33(2)18(13-19)4-5-22-21(33)7-10-34(3)20(8-11-35(22,34)43)17-12-24(37)44-15-17/h12,16,18-23,25-32,36,38-43H,4-11,13-15H2,1-3H3/t16-,18-,19+,20-,21+,22-,23-,25-,26+,27+,28-,29-,30+,31+,32+,33+,34-,35+/m1/s1. The van der Waals surface area contributed by atoms with E-state index in [1.54, 1.807) is 13.0 Å². The number of esters is 1. The Morgan fingerprint density at radius 3 is 2.27 bits per heavy atom. The molecule has 0 aromatic heterocycles. The lowest BCUT2D eigenvalue weighted by Crippen LogP contribution is -2.64. The molecule has 0 spiro atoms. The van der Waals surface area contributed by atoms with Gasteiger partial charge in [-0.05, 0) is 99.4 Å². The van der Waals surface area contributed by atoms with Crippen LogP contribution in [0.25, 0.3) is 0 Å². The summed E-state index contributed by atoms with van der Waals surface area (Å²) in [6.45, 7) is 5.97. The minimum atomic E-state index is -1.65. The van der Waals surface area contributed by atoms with E-state index >= 15 is 0 Å². The van der Waals surface area contributed by atoms with Crippen LogP contribution in [-0.4, -0.2) is 128 Å². The molecule has 3 heterocycles. The second-order valence-electron chi connectivity index (χ2n) is 16.3. The van der Waals surface area contributed by atoms with Crippen LogP contribution in [0.4, 0.5) is 0 Å². The van der Waals surface area contributed by atoms with E-state index in [4.69, 9.17) is 23.7 Å². The Hall–Kier alpha value is -1.23. The van der Waals surface area contributed by atoms with Crippen LogP contribution in [0.15, 0.2) is 11.6 Å². The van der Waals surface area contributed by atoms with Gasteiger partial charge in [0, 0.05) is 11.5 Å². The van der Waals surface area contributed by atoms with Gasteiger partial charge in [-0.1, -0.05) is 13.8 Å². The van der Waals surface area contributed by atoms with Crippen LogP contribution in [0.3, 0.4) is 0 Å². The molecule has 7 aliphatic rings. The molecule has 6 fully saturated rings. The fourth-order valence-electron chi connectivity index (χ4n) is 11.3. The first-order chi connectivity index (χ1) is 22.7. The quantitative estimate of drug-likeness (QED) is 0.149. The normalized spacial score (nSPS) is 55.3. The average Bonchev–Trinajstić information content (AvgIpc) is 3.61. The number of cyclic esters (lactones) is 1. The fourth-order valence-corrected chi connectivity index (χ4v) is 11.3. The van der Waals surface area contributed by atoms with E-state index in [-0.39, 0.29) is 34.7 Å². The van der Waals surface area contributed by atoms with Crippen LogP contribution < -0.4 is 0 Å². The predicted octanol–water partition coefficient (Wildman–Crippen LogP) is 0.280. The van der Waals surface area contributed by atoms with Gasteiger partial charge in [-0.2, -0.15) is 0 Å². The maximum Gasteiger partial charge on any atom is 0.331 e. The molecule has 272 valence electrons. The molecule has 7 rings (SSSR count). The summed E-state index contributed by atoms with van der Waals surface area (Å²) in [5.41, 5.74) is 0.00280. The molecule has 0 aromatic rings. The highest BCUT2D eigenvalue weighted by atomic mass is 16.7. The molecule has 48 heavy (non-hydrogen) atoms. The van der Waals surface area contributed by atoms with Crippen molar-refractivity contribution < 1.29 is 64.2 Å². The summed E-state index contributed by atoms with van der Waals surface area (Å²) >= 11 is 0. The van der Waals surface area contributed by atoms with Crippen LogP contribution in [0.2, 0.25) is 0 Å². The van der Waals surface area contributed by atoms with E-state index in [0.717, 1.165) is 63.4 Å². The molecule has 0 aromatic carbocycles. The third-order valence-electron chi connectivity index (χ3n) is 14.2. The maximum absolute atomic E-state index is 12.5. The fraction of sp³-hybridized carbons (Fsp3) is 0.914. The number of hydrogen-bond acceptors (Lipinski definition) is 13. The highest BCUT2D eigenvalue weighted by Gasteiger charge is 2.68. The van der Waals surface area contributed by atoms with Gasteiger partial charge in [0.2, 0.25) is 0 Å². The van der Waals surface area contributed by atoms with Crippen molar-refractivity contribution in [3.63, 3.8) is 0 Å². The number of fused-ring (bicyclic) bond motifs is 5. The largest absolute Gasteiger partial charge is 0.458 e. The predicted molar refractivity (Wildman–Crippen MR) is 166 cm³/mol. The summed E-state index contributed by atoms with van der Waals surface area (Å²) in [5, 5.41) is 74.7. The molecule has 3 aliphatic heterocycles. The van der Waals surface area contributed by atoms with Crippen LogP contribution in [0.1, 0.15) is 78.6 Å². The zero-order valence-electron chi connectivity index (χ0n) is 28.1. The minimum Gasteiger partial charge on any atom is -0.458 e. The molecule has 0 radical (unpaired) electrons. The lowest BCUT2D eigenvalue weighted by Gasteiger charge is -2.64. The Kier molecular flexibility index (Phi) is 9.36. The number of rotatable bonds is 6. The average molecular weight is 683 g/mol. The van der Waals surface area contributed by atoms with Crippen molar-refractivity contribution in [3.05, 3.63) is 11.6 Å². The van der Waals surface area contributed by atoms with Gasteiger partial charge in [0.15, 0.2) is 12.6 Å². The van der Waals surface area contributed by atoms with Crippen LogP contribution in [-0.2, 0) is 28.5 Å². The SMILES string of the molecule is C[C@H]1O[C@@H](O[C@H]2CC[C@@]3(C)[C@H](CC[C@@H]4[C@@H]3CC[C@]3(C)[C@@H](C5=CC(=O)OC5)CC[C@]43O)C2)[C@H](O)[C@H](O)[C@H]1O[C@@H]1O[C@H](CO)[C@@H](O)[C@H](O)[C@H]1O. The van der Waals surface area contributed by atoms with Gasteiger partial charge >= 0.3 is 5.97 Å². The summed E-state index contributed by atoms with van der Waals surface area (Å²) in [6.07, 6.45) is -4.12. The summed E-state index contributed by atoms with van der Waals surface area (Å²) in [4.78, 5) is 11.9. The molecule has 7 N–H and O–H groups in total. The topological polar surface area (TPSA) is 205 Å². The summed E-state index contributed by atoms with van der Waals surface area (Å²) in [5.74, 6) is 0.825. The first-order valence-electron chi connectivity index (χ1n) is 17.9. The van der Waals surface area contributed by atoms with E-state index in [0.29, 0.717) is 18.4 Å². The molecular formula is C35H54O13. The van der Waals surface area contributed by atoms with Gasteiger partial charge in [-0.15, -0.1) is 0 Å². The molecule has 0 unspecified atom stereocenters. The molecule has 18 atom stereocenters. The summed E-state index contributed by atoms with van der Waals surface area (Å²) in [7, 11) is 0. The molecule has 13 nitrogen and oxygen atoms in total. The highest BCUT2D eigenvalue weighted by Crippen LogP contribution is 2.70. The van der Waals surface area contributed by atoms with E-state index in [2.05, 4.69) is 13.8 Å². The highest BCUT2D eigenvalue weighted by molar-refractivity contribution is 5.85. The summed E-state index contributed by atoms with van der Waals surface area (Å²) in [6, 6.07) is 0. The van der Waals surface area contributed by atoms with E-state index in [1.165, 1.54) is 0 Å². The number of ether oxygens (including phenoxy) is 5. The smallest absolute Gasteiger partial charge is 0.331 e. The van der Waals surface area contributed by atoms with Gasteiger partial charge in [-0.25, -0.2) is 4.79 Å². The second kappa shape index (κ2) is 12.8. The number of hydrogen-bond donors (Lipinski definition) is 7. The number of carbonyl (C=O) groups is 1. The minimum absolute atomic E-state index is 0.0345. The molecule has 0 amide bonds. The molecule has 13 heteroatoms. The molecule has 4 aliphatic carbocycles. The van der Waals surface area contributed by atoms with Crippen molar-refractivity contribution in [2.75, 3.05) is 13.2 Å². The molecule has 0 bridgehead atoms. The van der Waals surface area contributed by atoms with Gasteiger partial charge in [0.1, 0.15) is 49.3 Å². The van der Waals surface area contributed by atoms with Crippen molar-refractivity contribution in [1.82, 2.24) is 0 Å². The van der Waals surface area contributed by atoms with E-state index < -0.39 is 73.6 Å². The first-order valence-corrected chi connectivity index (χ1v) is 17.9. The van der Waals surface area contributed by atoms with Crippen molar-refractivity contribution in [2.45, 2.75) is 152 Å². The Labute approximate surface area is 281 Å². The maximum atomic E-state index is 12.5. The van der Waals surface area contributed by atoms with E-state index in [9.17, 15) is 40.5 Å². The van der Waals surface area contributed by atoms with E-state index in [1.807, 2.05) is 0 Å². The molecular weight excluding hydrogens is 628 g/mol. The number of aliphatic hydroxyl groups excluding tert-OH is 6. The third-order valence-corrected chi connectivity index (χ3v) is 14.2. The monoisotopic (exact) mass is 682 g/mol. The Bertz CT molecular complexity index is 1240. The Morgan fingerprint density at radius 2 is 1.56 bits per heavy atom. The Morgan fingerprint density at radius 1 is 0.833 bits per heavy atom. The molecule has 4 saturated carbocycles. The van der Waals surface area contributed by atoms with Gasteiger partial charge < -0.3 is 59.4 Å². The van der Waals surface area contributed by atoms with Crippen molar-refractivity contribution in [2.24, 2.45) is 34.5 Å². The van der Waals surface area contributed by atoms with Gasteiger partial charge in [0.05, 0.1) is 24.4 Å². The van der Waals surface area contributed by atoms with Gasteiger partial charge in [0.25, 0.3) is 0 Å². The lowest BCUT2D eigenvalue weighted by atomic mass is 9.43. The lowest BCUT2D eigenvalue weighted by molar-refractivity contribution is -0.360. The first kappa shape index (κ1) is 35.2. The third kappa shape index (κ3) is 5.42. The summed E-state index contributed by atoms with van der Waals surface area (Å²) < 4.78 is 28.8. The van der Waals surface area contributed by atoms with Crippen LogP contribution in [0, 0.1) is 34.5 Å². The Balaban J connectivity index is 0.977. The van der Waals surface area contributed by atoms with Crippen molar-refractivity contribution in [1.29, 1.82) is 0 Å². The van der Waals surface area contributed by atoms with Gasteiger partial charge in [-0.3, -0.25) is 0 Å². The van der Waals surface area contributed by atoms with Crippen LogP contribution >= 0.6 is 0 Å². The van der Waals surface area contributed by atoms with Crippen molar-refractivity contribution in [3.8, 4) is 0 Å². The van der Waals surface area contributed by atoms with Crippen molar-refractivity contribution >= 4 is 5.97 Å². The number of carbonyl (C=O) groups excluding carboxylic acids is 1. The van der Waals surface area contributed by atoms with Crippen LogP contribution in [0.5, 0.6) is 0 Å². The zero-order chi connectivity index (χ0) is 34.3.